The number of hydrogen-bond acceptors (Lipinski definition) is 4. The van der Waals surface area contributed by atoms with Crippen LogP contribution in [0, 0.1) is 5.92 Å². The molecule has 19 heavy (non-hydrogen) atoms. The van der Waals surface area contributed by atoms with E-state index in [1.54, 1.807) is 0 Å². The predicted molar refractivity (Wildman–Crippen MR) is 70.1 cm³/mol. The van der Waals surface area contributed by atoms with Gasteiger partial charge in [-0.2, -0.15) is 0 Å². The van der Waals surface area contributed by atoms with Crippen LogP contribution >= 0.6 is 0 Å². The number of carbonyl (C=O) groups excluding carboxylic acids is 1. The standard InChI is InChI=1S/C14H18N2O3/c15-13(10-3-5-18-8-10)9-1-2-12-11(7-9)14(17)16-4-6-19-12/h1-2,7,10,13H,3-6,8,15H2,(H,16,17). The second-order valence-electron chi connectivity index (χ2n) is 5.01. The van der Waals surface area contributed by atoms with E-state index in [2.05, 4.69) is 5.32 Å². The molecule has 0 aliphatic carbocycles. The third kappa shape index (κ3) is 2.43. The van der Waals surface area contributed by atoms with Gasteiger partial charge in [0.2, 0.25) is 0 Å². The van der Waals surface area contributed by atoms with Crippen molar-refractivity contribution in [1.29, 1.82) is 0 Å². The fourth-order valence-electron chi connectivity index (χ4n) is 2.59. The average molecular weight is 262 g/mol. The Morgan fingerprint density at radius 1 is 1.37 bits per heavy atom. The normalized spacial score (nSPS) is 24.1. The van der Waals surface area contributed by atoms with Crippen LogP contribution in [0.2, 0.25) is 0 Å². The highest BCUT2D eigenvalue weighted by atomic mass is 16.5. The lowest BCUT2D eigenvalue weighted by molar-refractivity contribution is 0.0957. The van der Waals surface area contributed by atoms with E-state index < -0.39 is 0 Å². The number of carbonyl (C=O) groups is 1. The fraction of sp³-hybridized carbons (Fsp3) is 0.500. The zero-order valence-electron chi connectivity index (χ0n) is 10.7. The van der Waals surface area contributed by atoms with Gasteiger partial charge in [-0.25, -0.2) is 0 Å². The van der Waals surface area contributed by atoms with Crippen molar-refractivity contribution < 1.29 is 14.3 Å². The van der Waals surface area contributed by atoms with Crippen molar-refractivity contribution in [3.63, 3.8) is 0 Å². The second kappa shape index (κ2) is 5.19. The van der Waals surface area contributed by atoms with E-state index in [-0.39, 0.29) is 11.9 Å². The van der Waals surface area contributed by atoms with Crippen molar-refractivity contribution in [2.75, 3.05) is 26.4 Å². The third-order valence-electron chi connectivity index (χ3n) is 3.75. The molecule has 1 saturated heterocycles. The molecule has 102 valence electrons. The highest BCUT2D eigenvalue weighted by molar-refractivity contribution is 5.97. The van der Waals surface area contributed by atoms with Gasteiger partial charge in [-0.1, -0.05) is 6.07 Å². The van der Waals surface area contributed by atoms with Crippen molar-refractivity contribution in [2.24, 2.45) is 11.7 Å². The van der Waals surface area contributed by atoms with Gasteiger partial charge in [0.25, 0.3) is 5.91 Å². The Hall–Kier alpha value is -1.59. The van der Waals surface area contributed by atoms with Gasteiger partial charge in [0, 0.05) is 18.6 Å². The van der Waals surface area contributed by atoms with Crippen molar-refractivity contribution >= 4 is 5.91 Å². The number of nitrogens with two attached hydrogens (primary N) is 1. The summed E-state index contributed by atoms with van der Waals surface area (Å²) in [6.07, 6.45) is 0.973. The molecule has 2 aliphatic rings. The lowest BCUT2D eigenvalue weighted by atomic mass is 9.92. The van der Waals surface area contributed by atoms with E-state index in [4.69, 9.17) is 15.2 Å². The maximum Gasteiger partial charge on any atom is 0.255 e. The highest BCUT2D eigenvalue weighted by Crippen LogP contribution is 2.30. The molecule has 0 radical (unpaired) electrons. The second-order valence-corrected chi connectivity index (χ2v) is 5.01. The first kappa shape index (κ1) is 12.4. The Morgan fingerprint density at radius 2 is 2.26 bits per heavy atom. The number of fused-ring (bicyclic) bond motifs is 1. The number of amides is 1. The van der Waals surface area contributed by atoms with E-state index in [9.17, 15) is 4.79 Å². The van der Waals surface area contributed by atoms with Crippen LogP contribution in [-0.2, 0) is 4.74 Å². The van der Waals surface area contributed by atoms with E-state index in [0.717, 1.165) is 18.6 Å². The van der Waals surface area contributed by atoms with Gasteiger partial charge in [-0.3, -0.25) is 4.79 Å². The molecule has 5 nitrogen and oxygen atoms in total. The SMILES string of the molecule is NC(c1ccc2c(c1)C(=O)NCCO2)C1CCOC1. The molecule has 2 unspecified atom stereocenters. The molecule has 2 heterocycles. The minimum Gasteiger partial charge on any atom is -0.491 e. The van der Waals surface area contributed by atoms with E-state index in [1.165, 1.54) is 0 Å². The first-order valence-electron chi connectivity index (χ1n) is 6.64. The summed E-state index contributed by atoms with van der Waals surface area (Å²) >= 11 is 0. The summed E-state index contributed by atoms with van der Waals surface area (Å²) < 4.78 is 10.9. The topological polar surface area (TPSA) is 73.6 Å². The van der Waals surface area contributed by atoms with Gasteiger partial charge in [0.05, 0.1) is 18.7 Å². The largest absolute Gasteiger partial charge is 0.491 e. The maximum absolute atomic E-state index is 11.9. The molecule has 2 aliphatic heterocycles. The Kier molecular flexibility index (Phi) is 3.40. The van der Waals surface area contributed by atoms with E-state index >= 15 is 0 Å². The predicted octanol–water partition coefficient (Wildman–Crippen LogP) is 0.845. The zero-order chi connectivity index (χ0) is 13.2. The molecule has 0 spiro atoms. The quantitative estimate of drug-likeness (QED) is 0.828. The summed E-state index contributed by atoms with van der Waals surface area (Å²) in [5.41, 5.74) is 7.81. The van der Waals surface area contributed by atoms with Gasteiger partial charge in [0.1, 0.15) is 12.4 Å². The first-order valence-corrected chi connectivity index (χ1v) is 6.64. The van der Waals surface area contributed by atoms with E-state index in [0.29, 0.717) is 37.0 Å². The van der Waals surface area contributed by atoms with Crippen molar-refractivity contribution in [3.05, 3.63) is 29.3 Å². The summed E-state index contributed by atoms with van der Waals surface area (Å²) in [5.74, 6) is 0.866. The maximum atomic E-state index is 11.9. The van der Waals surface area contributed by atoms with Crippen LogP contribution in [0.1, 0.15) is 28.4 Å². The number of ether oxygens (including phenoxy) is 2. The molecule has 1 aromatic rings. The van der Waals surface area contributed by atoms with Gasteiger partial charge >= 0.3 is 0 Å². The smallest absolute Gasteiger partial charge is 0.255 e. The van der Waals surface area contributed by atoms with Gasteiger partial charge in [0.15, 0.2) is 0 Å². The number of hydrogen-bond donors (Lipinski definition) is 2. The molecule has 0 aromatic heterocycles. The fourth-order valence-corrected chi connectivity index (χ4v) is 2.59. The Labute approximate surface area is 112 Å². The molecular formula is C14H18N2O3. The third-order valence-corrected chi connectivity index (χ3v) is 3.75. The summed E-state index contributed by atoms with van der Waals surface area (Å²) in [7, 11) is 0. The minimum absolute atomic E-state index is 0.0933. The van der Waals surface area contributed by atoms with Gasteiger partial charge in [-0.15, -0.1) is 0 Å². The molecule has 1 aromatic carbocycles. The zero-order valence-corrected chi connectivity index (χ0v) is 10.7. The average Bonchev–Trinajstić information content (AvgIpc) is 2.90. The lowest BCUT2D eigenvalue weighted by Crippen LogP contribution is -2.25. The monoisotopic (exact) mass is 262 g/mol. The number of nitrogens with one attached hydrogen (secondary N) is 1. The van der Waals surface area contributed by atoms with Crippen LogP contribution in [-0.4, -0.2) is 32.3 Å². The van der Waals surface area contributed by atoms with Crippen LogP contribution in [0.3, 0.4) is 0 Å². The molecule has 0 bridgehead atoms. The summed E-state index contributed by atoms with van der Waals surface area (Å²) in [6, 6.07) is 5.54. The van der Waals surface area contributed by atoms with Gasteiger partial charge < -0.3 is 20.5 Å². The summed E-state index contributed by atoms with van der Waals surface area (Å²) in [4.78, 5) is 11.9. The van der Waals surface area contributed by atoms with Crippen LogP contribution < -0.4 is 15.8 Å². The molecule has 3 N–H and O–H groups in total. The molecular weight excluding hydrogens is 244 g/mol. The Balaban J connectivity index is 1.89. The molecule has 3 rings (SSSR count). The number of benzene rings is 1. The van der Waals surface area contributed by atoms with Crippen LogP contribution in [0.5, 0.6) is 5.75 Å². The van der Waals surface area contributed by atoms with Crippen LogP contribution in [0.15, 0.2) is 18.2 Å². The van der Waals surface area contributed by atoms with Crippen LogP contribution in [0.25, 0.3) is 0 Å². The molecule has 0 saturated carbocycles. The molecule has 2 atom stereocenters. The first-order chi connectivity index (χ1) is 9.25. The Bertz CT molecular complexity index is 484. The molecule has 1 fully saturated rings. The minimum atomic E-state index is -0.0937. The van der Waals surface area contributed by atoms with Crippen molar-refractivity contribution in [3.8, 4) is 5.75 Å². The van der Waals surface area contributed by atoms with Gasteiger partial charge in [-0.05, 0) is 24.1 Å². The van der Waals surface area contributed by atoms with Crippen LogP contribution in [0.4, 0.5) is 0 Å². The summed E-state index contributed by atoms with van der Waals surface area (Å²) in [5, 5.41) is 2.81. The Morgan fingerprint density at radius 3 is 3.05 bits per heavy atom. The number of rotatable bonds is 2. The lowest BCUT2D eigenvalue weighted by Gasteiger charge is -2.19. The highest BCUT2D eigenvalue weighted by Gasteiger charge is 2.26. The molecule has 5 heteroatoms. The summed E-state index contributed by atoms with van der Waals surface area (Å²) in [6.45, 7) is 2.50. The molecule has 1 amide bonds. The van der Waals surface area contributed by atoms with Crippen molar-refractivity contribution in [2.45, 2.75) is 12.5 Å². The van der Waals surface area contributed by atoms with E-state index in [1.807, 2.05) is 18.2 Å². The van der Waals surface area contributed by atoms with Crippen molar-refractivity contribution in [1.82, 2.24) is 5.32 Å².